The fraction of sp³-hybridized carbons (Fsp3) is 0.222. The third-order valence-electron chi connectivity index (χ3n) is 4.07. The van der Waals surface area contributed by atoms with Crippen molar-refractivity contribution in [1.82, 2.24) is 25.4 Å². The third-order valence-corrected chi connectivity index (χ3v) is 5.17. The van der Waals surface area contributed by atoms with Crippen LogP contribution in [0.2, 0.25) is 0 Å². The molecule has 0 radical (unpaired) electrons. The quantitative estimate of drug-likeness (QED) is 0.434. The number of aromatic nitrogens is 3. The second-order valence-electron chi connectivity index (χ2n) is 6.19. The van der Waals surface area contributed by atoms with E-state index in [9.17, 15) is 23.6 Å². The second kappa shape index (κ2) is 9.59. The zero-order valence-electron chi connectivity index (χ0n) is 15.4. The monoisotopic (exact) mass is 449 g/mol. The number of nitrogens with zero attached hydrogens (tertiary/aromatic N) is 2. The van der Waals surface area contributed by atoms with Gasteiger partial charge in [0.15, 0.2) is 4.77 Å². The minimum atomic E-state index is -0.473. The topological polar surface area (TPSA) is 128 Å². The summed E-state index contributed by atoms with van der Waals surface area (Å²) in [5.41, 5.74) is 0.285. The molecule has 0 unspecified atom stereocenters. The Morgan fingerprint density at radius 3 is 2.70 bits per heavy atom. The van der Waals surface area contributed by atoms with Crippen LogP contribution in [0.5, 0.6) is 0 Å². The predicted molar refractivity (Wildman–Crippen MR) is 110 cm³/mol. The Labute approximate surface area is 178 Å². The van der Waals surface area contributed by atoms with Gasteiger partial charge in [0, 0.05) is 25.9 Å². The average Bonchev–Trinajstić information content (AvgIpc) is 2.96. The maximum absolute atomic E-state index is 13.0. The fourth-order valence-electron chi connectivity index (χ4n) is 2.57. The molecule has 12 heteroatoms. The molecule has 2 heterocycles. The van der Waals surface area contributed by atoms with Crippen molar-refractivity contribution in [3.8, 4) is 0 Å². The van der Waals surface area contributed by atoms with Gasteiger partial charge >= 0.3 is 0 Å². The maximum Gasteiger partial charge on any atom is 0.293 e. The number of amides is 3. The molecule has 3 amide bonds. The van der Waals surface area contributed by atoms with E-state index in [1.165, 1.54) is 30.3 Å². The Balaban J connectivity index is 1.49. The summed E-state index contributed by atoms with van der Waals surface area (Å²) in [5.74, 6) is -1.22. The second-order valence-corrected chi connectivity index (χ2v) is 7.59. The molecule has 0 saturated carbocycles. The van der Waals surface area contributed by atoms with Gasteiger partial charge in [-0.05, 0) is 47.8 Å². The molecule has 1 aliphatic heterocycles. The Morgan fingerprint density at radius 1 is 1.27 bits per heavy atom. The normalized spacial score (nSPS) is 15.1. The molecule has 1 fully saturated rings. The lowest BCUT2D eigenvalue weighted by molar-refractivity contribution is -0.124. The van der Waals surface area contributed by atoms with E-state index in [-0.39, 0.29) is 47.2 Å². The van der Waals surface area contributed by atoms with E-state index in [1.54, 1.807) is 0 Å². The number of rotatable bonds is 7. The summed E-state index contributed by atoms with van der Waals surface area (Å²) >= 11 is 5.52. The molecule has 0 bridgehead atoms. The SMILES string of the molecule is O=C(CCc1n[nH]c(=S)[nH]c1=O)NCCN1C(=O)SC(=Cc2ccc(F)cc2)C1=O. The van der Waals surface area contributed by atoms with Crippen molar-refractivity contribution in [3.63, 3.8) is 0 Å². The molecule has 3 rings (SSSR count). The number of nitrogens with one attached hydrogen (secondary N) is 3. The van der Waals surface area contributed by atoms with Crippen molar-refractivity contribution < 1.29 is 18.8 Å². The number of hydrogen-bond donors (Lipinski definition) is 3. The van der Waals surface area contributed by atoms with Crippen molar-refractivity contribution in [2.75, 3.05) is 13.1 Å². The van der Waals surface area contributed by atoms with Crippen LogP contribution in [-0.4, -0.2) is 50.2 Å². The van der Waals surface area contributed by atoms with Crippen molar-refractivity contribution in [3.05, 3.63) is 61.4 Å². The highest BCUT2D eigenvalue weighted by Crippen LogP contribution is 2.31. The van der Waals surface area contributed by atoms with Gasteiger partial charge in [-0.25, -0.2) is 4.39 Å². The number of carbonyl (C=O) groups is 3. The van der Waals surface area contributed by atoms with Gasteiger partial charge in [-0.2, -0.15) is 5.10 Å². The number of thioether (sulfide) groups is 1. The summed E-state index contributed by atoms with van der Waals surface area (Å²) < 4.78 is 13.1. The van der Waals surface area contributed by atoms with Crippen LogP contribution in [0.25, 0.3) is 6.08 Å². The Morgan fingerprint density at radius 2 is 2.00 bits per heavy atom. The lowest BCUT2D eigenvalue weighted by Gasteiger charge is -2.12. The van der Waals surface area contributed by atoms with Crippen LogP contribution in [0.3, 0.4) is 0 Å². The first-order chi connectivity index (χ1) is 14.3. The summed E-state index contributed by atoms with van der Waals surface area (Å²) in [5, 5.41) is 8.38. The van der Waals surface area contributed by atoms with Crippen LogP contribution in [-0.2, 0) is 16.0 Å². The smallest absolute Gasteiger partial charge is 0.293 e. The molecule has 30 heavy (non-hydrogen) atoms. The molecule has 1 saturated heterocycles. The van der Waals surface area contributed by atoms with E-state index in [1.807, 2.05) is 0 Å². The molecular weight excluding hydrogens is 433 g/mol. The summed E-state index contributed by atoms with van der Waals surface area (Å²) in [6, 6.07) is 5.53. The zero-order valence-corrected chi connectivity index (χ0v) is 17.1. The van der Waals surface area contributed by atoms with Gasteiger partial charge in [0.25, 0.3) is 16.7 Å². The van der Waals surface area contributed by atoms with Crippen LogP contribution in [0.1, 0.15) is 17.7 Å². The Hall–Kier alpha value is -3.12. The standard InChI is InChI=1S/C18H16FN5O4S2/c19-11-3-1-10(2-4-11)9-13-16(27)24(18(28)30-13)8-7-20-14(25)6-5-12-15(26)21-17(29)23-22-12/h1-4,9H,5-8H2,(H,20,25)(H2,21,23,26,29). The van der Waals surface area contributed by atoms with E-state index in [0.29, 0.717) is 5.56 Å². The zero-order chi connectivity index (χ0) is 21.7. The van der Waals surface area contributed by atoms with Crippen LogP contribution >= 0.6 is 24.0 Å². The Kier molecular flexibility index (Phi) is 6.90. The van der Waals surface area contributed by atoms with Gasteiger partial charge in [-0.3, -0.25) is 34.2 Å². The molecule has 1 aromatic carbocycles. The molecule has 0 spiro atoms. The van der Waals surface area contributed by atoms with E-state index in [0.717, 1.165) is 16.7 Å². The van der Waals surface area contributed by atoms with Crippen LogP contribution in [0.15, 0.2) is 34.0 Å². The molecule has 156 valence electrons. The minimum absolute atomic E-state index is 0.00700. The van der Waals surface area contributed by atoms with Crippen LogP contribution in [0, 0.1) is 10.6 Å². The van der Waals surface area contributed by atoms with E-state index < -0.39 is 22.5 Å². The number of imide groups is 1. The highest BCUT2D eigenvalue weighted by Gasteiger charge is 2.34. The highest BCUT2D eigenvalue weighted by atomic mass is 32.2. The molecule has 9 nitrogen and oxygen atoms in total. The van der Waals surface area contributed by atoms with Crippen molar-refractivity contribution in [1.29, 1.82) is 0 Å². The number of carbonyl (C=O) groups excluding carboxylic acids is 3. The van der Waals surface area contributed by atoms with Gasteiger partial charge in [-0.1, -0.05) is 12.1 Å². The van der Waals surface area contributed by atoms with Gasteiger partial charge < -0.3 is 5.32 Å². The third kappa shape index (κ3) is 5.48. The van der Waals surface area contributed by atoms with Crippen molar-refractivity contribution in [2.24, 2.45) is 0 Å². The molecule has 1 aliphatic rings. The summed E-state index contributed by atoms with van der Waals surface area (Å²) in [7, 11) is 0. The fourth-order valence-corrected chi connectivity index (χ4v) is 3.58. The van der Waals surface area contributed by atoms with Crippen molar-refractivity contribution >= 4 is 47.1 Å². The molecular formula is C18H16FN5O4S2. The Bertz CT molecular complexity index is 1130. The number of benzene rings is 1. The number of aromatic amines is 2. The first kappa shape index (κ1) is 21.6. The van der Waals surface area contributed by atoms with Gasteiger partial charge in [0.2, 0.25) is 5.91 Å². The first-order valence-corrected chi connectivity index (χ1v) is 10.0. The van der Waals surface area contributed by atoms with Crippen LogP contribution < -0.4 is 10.9 Å². The van der Waals surface area contributed by atoms with Gasteiger partial charge in [0.1, 0.15) is 11.5 Å². The van der Waals surface area contributed by atoms with Gasteiger partial charge in [-0.15, -0.1) is 0 Å². The number of halogens is 1. The van der Waals surface area contributed by atoms with E-state index in [2.05, 4.69) is 20.5 Å². The molecule has 0 aliphatic carbocycles. The number of hydrogen-bond acceptors (Lipinski definition) is 7. The lowest BCUT2D eigenvalue weighted by atomic mass is 10.2. The van der Waals surface area contributed by atoms with Gasteiger partial charge in [0.05, 0.1) is 4.91 Å². The lowest BCUT2D eigenvalue weighted by Crippen LogP contribution is -2.37. The summed E-state index contributed by atoms with van der Waals surface area (Å²) in [6.07, 6.45) is 1.63. The summed E-state index contributed by atoms with van der Waals surface area (Å²) in [6.45, 7) is 0.0795. The average molecular weight is 449 g/mol. The largest absolute Gasteiger partial charge is 0.354 e. The van der Waals surface area contributed by atoms with E-state index >= 15 is 0 Å². The predicted octanol–water partition coefficient (Wildman–Crippen LogP) is 1.75. The van der Waals surface area contributed by atoms with E-state index in [4.69, 9.17) is 12.2 Å². The van der Waals surface area contributed by atoms with Crippen molar-refractivity contribution in [2.45, 2.75) is 12.8 Å². The van der Waals surface area contributed by atoms with Crippen LogP contribution in [0.4, 0.5) is 9.18 Å². The molecule has 1 aromatic heterocycles. The number of aryl methyl sites for hydroxylation is 1. The highest BCUT2D eigenvalue weighted by molar-refractivity contribution is 8.18. The molecule has 2 aromatic rings. The number of H-pyrrole nitrogens is 2. The molecule has 0 atom stereocenters. The molecule has 3 N–H and O–H groups in total. The minimum Gasteiger partial charge on any atom is -0.354 e. The maximum atomic E-state index is 13.0. The summed E-state index contributed by atoms with van der Waals surface area (Å²) in [4.78, 5) is 51.7. The first-order valence-electron chi connectivity index (χ1n) is 8.79.